The lowest BCUT2D eigenvalue weighted by molar-refractivity contribution is -0.118. The van der Waals surface area contributed by atoms with Crippen molar-refractivity contribution in [1.29, 1.82) is 0 Å². The molecule has 0 aliphatic carbocycles. The number of hydrogen-bond donors (Lipinski definition) is 2. The maximum atomic E-state index is 13.8. The molecule has 0 aliphatic heterocycles. The average molecular weight is 352 g/mol. The molecule has 0 spiro atoms. The largest absolute Gasteiger partial charge is 0.433 e. The van der Waals surface area contributed by atoms with Crippen molar-refractivity contribution in [1.82, 2.24) is 5.32 Å². The Hall–Kier alpha value is -2.54. The summed E-state index contributed by atoms with van der Waals surface area (Å²) < 4.78 is 43.0. The summed E-state index contributed by atoms with van der Waals surface area (Å²) in [4.78, 5) is 12.3. The second-order valence-corrected chi connectivity index (χ2v) is 5.50. The number of hydrogen-bond acceptors (Lipinski definition) is 3. The summed E-state index contributed by atoms with van der Waals surface area (Å²) in [5, 5.41) is 5.51. The highest BCUT2D eigenvalue weighted by molar-refractivity contribution is 5.95. The molecule has 0 aliphatic rings. The third-order valence-corrected chi connectivity index (χ3v) is 3.63. The summed E-state index contributed by atoms with van der Waals surface area (Å²) >= 11 is 0. The fourth-order valence-corrected chi connectivity index (χ4v) is 2.38. The highest BCUT2D eigenvalue weighted by atomic mass is 19.3. The molecule has 0 saturated heterocycles. The highest BCUT2D eigenvalue weighted by Gasteiger charge is 2.19. The Labute approximate surface area is 144 Å². The van der Waals surface area contributed by atoms with E-state index in [-0.39, 0.29) is 17.3 Å². The minimum atomic E-state index is -2.99. The number of para-hydroxylation sites is 2. The van der Waals surface area contributed by atoms with E-state index in [4.69, 9.17) is 0 Å². The molecule has 0 saturated carbocycles. The van der Waals surface area contributed by atoms with Crippen molar-refractivity contribution in [3.05, 3.63) is 59.9 Å². The lowest BCUT2D eigenvalue weighted by atomic mass is 10.1. The van der Waals surface area contributed by atoms with Gasteiger partial charge >= 0.3 is 6.61 Å². The third kappa shape index (κ3) is 5.22. The number of rotatable bonds is 7. The average Bonchev–Trinajstić information content (AvgIpc) is 2.56. The molecule has 2 aromatic rings. The summed E-state index contributed by atoms with van der Waals surface area (Å²) in [6.45, 7) is 0.342. The summed E-state index contributed by atoms with van der Waals surface area (Å²) in [6.07, 6.45) is 0. The Morgan fingerprint density at radius 3 is 2.36 bits per heavy atom. The Morgan fingerprint density at radius 1 is 1.04 bits per heavy atom. The van der Waals surface area contributed by atoms with E-state index in [0.29, 0.717) is 5.56 Å². The van der Waals surface area contributed by atoms with Gasteiger partial charge in [0.05, 0.1) is 11.7 Å². The number of alkyl halides is 2. The molecule has 2 N–H and O–H groups in total. The van der Waals surface area contributed by atoms with E-state index >= 15 is 0 Å². The van der Waals surface area contributed by atoms with Crippen LogP contribution in [0.15, 0.2) is 48.5 Å². The number of benzene rings is 2. The zero-order chi connectivity index (χ0) is 18.4. The number of anilines is 1. The van der Waals surface area contributed by atoms with E-state index in [9.17, 15) is 18.0 Å². The fraction of sp³-hybridized carbons (Fsp3) is 0.278. The second-order valence-electron chi connectivity index (χ2n) is 5.50. The molecule has 134 valence electrons. The van der Waals surface area contributed by atoms with E-state index in [2.05, 4.69) is 15.4 Å². The molecule has 0 bridgehead atoms. The number of nitrogens with one attached hydrogen (secondary N) is 2. The molecule has 25 heavy (non-hydrogen) atoms. The summed E-state index contributed by atoms with van der Waals surface area (Å²) in [5.41, 5.74) is 0.573. The molecule has 2 unspecified atom stereocenters. The first-order chi connectivity index (χ1) is 11.9. The van der Waals surface area contributed by atoms with Crippen molar-refractivity contribution in [2.45, 2.75) is 32.5 Å². The van der Waals surface area contributed by atoms with Crippen LogP contribution in [0.2, 0.25) is 0 Å². The normalized spacial score (nSPS) is 13.4. The topological polar surface area (TPSA) is 50.4 Å². The van der Waals surface area contributed by atoms with Crippen LogP contribution in [0.1, 0.15) is 25.5 Å². The molecule has 2 atom stereocenters. The predicted octanol–water partition coefficient (Wildman–Crippen LogP) is 4.10. The number of ether oxygens (including phenoxy) is 1. The lowest BCUT2D eigenvalue weighted by Crippen LogP contribution is -2.39. The molecule has 0 fully saturated rings. The monoisotopic (exact) mass is 352 g/mol. The van der Waals surface area contributed by atoms with Gasteiger partial charge in [-0.25, -0.2) is 4.39 Å². The van der Waals surface area contributed by atoms with E-state index in [0.717, 1.165) is 0 Å². The summed E-state index contributed by atoms with van der Waals surface area (Å²) in [7, 11) is 0. The zero-order valence-corrected chi connectivity index (χ0v) is 13.8. The Bertz CT molecular complexity index is 725. The predicted molar refractivity (Wildman–Crippen MR) is 89.1 cm³/mol. The van der Waals surface area contributed by atoms with Gasteiger partial charge in [-0.1, -0.05) is 30.3 Å². The minimum Gasteiger partial charge on any atom is -0.433 e. The molecular formula is C18H19F3N2O2. The lowest BCUT2D eigenvalue weighted by Gasteiger charge is -2.21. The first-order valence-corrected chi connectivity index (χ1v) is 7.73. The van der Waals surface area contributed by atoms with Gasteiger partial charge in [-0.2, -0.15) is 8.78 Å². The fourth-order valence-electron chi connectivity index (χ4n) is 2.38. The smallest absolute Gasteiger partial charge is 0.387 e. The molecule has 1 amide bonds. The zero-order valence-electron chi connectivity index (χ0n) is 13.8. The van der Waals surface area contributed by atoms with Gasteiger partial charge in [0.1, 0.15) is 11.6 Å². The first kappa shape index (κ1) is 18.8. The van der Waals surface area contributed by atoms with Gasteiger partial charge in [-0.05, 0) is 32.0 Å². The summed E-state index contributed by atoms with van der Waals surface area (Å²) in [6, 6.07) is 11.1. The molecule has 4 nitrogen and oxygen atoms in total. The van der Waals surface area contributed by atoms with Crippen LogP contribution in [0, 0.1) is 5.82 Å². The van der Waals surface area contributed by atoms with Crippen molar-refractivity contribution >= 4 is 11.6 Å². The van der Waals surface area contributed by atoms with E-state index in [1.165, 1.54) is 24.3 Å². The highest BCUT2D eigenvalue weighted by Crippen LogP contribution is 2.25. The number of amides is 1. The number of halogens is 3. The molecule has 0 aromatic heterocycles. The van der Waals surface area contributed by atoms with Gasteiger partial charge in [0.2, 0.25) is 5.91 Å². The number of carbonyl (C=O) groups is 1. The van der Waals surface area contributed by atoms with Crippen molar-refractivity contribution in [2.75, 3.05) is 5.32 Å². The first-order valence-electron chi connectivity index (χ1n) is 7.73. The molecule has 2 aromatic carbocycles. The quantitative estimate of drug-likeness (QED) is 0.789. The van der Waals surface area contributed by atoms with Crippen LogP contribution in [0.5, 0.6) is 5.75 Å². The van der Waals surface area contributed by atoms with Crippen LogP contribution in [-0.2, 0) is 4.79 Å². The van der Waals surface area contributed by atoms with Gasteiger partial charge in [-0.3, -0.25) is 10.1 Å². The van der Waals surface area contributed by atoms with Crippen molar-refractivity contribution < 1.29 is 22.7 Å². The van der Waals surface area contributed by atoms with Crippen LogP contribution in [0.25, 0.3) is 0 Å². The third-order valence-electron chi connectivity index (χ3n) is 3.63. The summed E-state index contributed by atoms with van der Waals surface area (Å²) in [5.74, 6) is -0.945. The Balaban J connectivity index is 2.02. The van der Waals surface area contributed by atoms with E-state index < -0.39 is 24.6 Å². The second kappa shape index (κ2) is 8.53. The Kier molecular flexibility index (Phi) is 6.41. The van der Waals surface area contributed by atoms with Crippen LogP contribution >= 0.6 is 0 Å². The van der Waals surface area contributed by atoms with Crippen molar-refractivity contribution in [3.8, 4) is 5.75 Å². The molecule has 0 radical (unpaired) electrons. The molecule has 0 heterocycles. The van der Waals surface area contributed by atoms with Gasteiger partial charge in [-0.15, -0.1) is 0 Å². The molecule has 7 heteroatoms. The molecular weight excluding hydrogens is 333 g/mol. The van der Waals surface area contributed by atoms with Crippen molar-refractivity contribution in [2.24, 2.45) is 0 Å². The Morgan fingerprint density at radius 2 is 1.68 bits per heavy atom. The molecule has 2 rings (SSSR count). The van der Waals surface area contributed by atoms with Crippen LogP contribution in [0.3, 0.4) is 0 Å². The maximum absolute atomic E-state index is 13.8. The van der Waals surface area contributed by atoms with Crippen LogP contribution in [-0.4, -0.2) is 18.6 Å². The standard InChI is InChI=1S/C18H19F3N2O2/c1-11(13-7-3-4-8-14(13)19)22-12(2)17(24)23-15-9-5-6-10-16(15)25-18(20)21/h3-12,18,22H,1-2H3,(H,23,24). The van der Waals surface area contributed by atoms with Crippen LogP contribution in [0.4, 0.5) is 18.9 Å². The van der Waals surface area contributed by atoms with Gasteiger partial charge in [0, 0.05) is 11.6 Å². The maximum Gasteiger partial charge on any atom is 0.387 e. The van der Waals surface area contributed by atoms with Crippen molar-refractivity contribution in [3.63, 3.8) is 0 Å². The van der Waals surface area contributed by atoms with E-state index in [1.807, 2.05) is 0 Å². The van der Waals surface area contributed by atoms with Crippen LogP contribution < -0.4 is 15.4 Å². The SMILES string of the molecule is CC(NC(C)c1ccccc1F)C(=O)Nc1ccccc1OC(F)F. The van der Waals surface area contributed by atoms with Gasteiger partial charge in [0.25, 0.3) is 0 Å². The number of carbonyl (C=O) groups excluding carboxylic acids is 1. The van der Waals surface area contributed by atoms with Gasteiger partial charge in [0.15, 0.2) is 0 Å². The minimum absolute atomic E-state index is 0.125. The van der Waals surface area contributed by atoms with E-state index in [1.54, 1.807) is 38.1 Å². The van der Waals surface area contributed by atoms with Gasteiger partial charge < -0.3 is 10.1 Å².